The Morgan fingerprint density at radius 2 is 2.30 bits per heavy atom. The van der Waals surface area contributed by atoms with Gasteiger partial charge in [0.2, 0.25) is 0 Å². The number of hydrogen-bond donors (Lipinski definition) is 2. The summed E-state index contributed by atoms with van der Waals surface area (Å²) in [5, 5.41) is 9.75. The van der Waals surface area contributed by atoms with Crippen LogP contribution in [0.1, 0.15) is 23.2 Å². The Hall–Kier alpha value is -2.83. The van der Waals surface area contributed by atoms with Crippen molar-refractivity contribution in [1.29, 1.82) is 0 Å². The van der Waals surface area contributed by atoms with E-state index in [4.69, 9.17) is 4.74 Å². The van der Waals surface area contributed by atoms with Crippen LogP contribution < -0.4 is 15.4 Å². The minimum Gasteiger partial charge on any atom is -0.482 e. The molecule has 2 aromatic rings. The average Bonchev–Trinajstić information content (AvgIpc) is 3.25. The summed E-state index contributed by atoms with van der Waals surface area (Å²) in [5.41, 5.74) is 1.62. The van der Waals surface area contributed by atoms with Crippen molar-refractivity contribution >= 4 is 23.2 Å². The molecule has 2 aliphatic rings. The van der Waals surface area contributed by atoms with Crippen molar-refractivity contribution < 1.29 is 14.3 Å². The van der Waals surface area contributed by atoms with Gasteiger partial charge in [0.1, 0.15) is 5.75 Å². The average molecular weight is 312 g/mol. The zero-order chi connectivity index (χ0) is 15.8. The van der Waals surface area contributed by atoms with Gasteiger partial charge >= 0.3 is 0 Å². The van der Waals surface area contributed by atoms with Gasteiger partial charge in [0.15, 0.2) is 6.61 Å². The van der Waals surface area contributed by atoms with E-state index in [9.17, 15) is 9.59 Å². The summed E-state index contributed by atoms with van der Waals surface area (Å²) in [4.78, 5) is 23.7. The molecule has 0 saturated heterocycles. The van der Waals surface area contributed by atoms with Crippen LogP contribution in [0.2, 0.25) is 0 Å². The van der Waals surface area contributed by atoms with Gasteiger partial charge in [0.05, 0.1) is 17.6 Å². The highest BCUT2D eigenvalue weighted by Gasteiger charge is 2.22. The first-order chi connectivity index (χ1) is 11.2. The Kier molecular flexibility index (Phi) is 3.25. The Bertz CT molecular complexity index is 779. The summed E-state index contributed by atoms with van der Waals surface area (Å²) < 4.78 is 7.13. The van der Waals surface area contributed by atoms with E-state index < -0.39 is 0 Å². The molecule has 0 radical (unpaired) electrons. The molecule has 2 N–H and O–H groups in total. The summed E-state index contributed by atoms with van der Waals surface area (Å²) in [6.45, 7) is 0.900. The monoisotopic (exact) mass is 312 g/mol. The number of aromatic nitrogens is 2. The van der Waals surface area contributed by atoms with Crippen LogP contribution in [-0.4, -0.2) is 28.2 Å². The number of benzene rings is 1. The maximum absolute atomic E-state index is 12.3. The first-order valence-corrected chi connectivity index (χ1v) is 7.58. The maximum Gasteiger partial charge on any atom is 0.262 e. The van der Waals surface area contributed by atoms with Crippen molar-refractivity contribution in [3.05, 3.63) is 36.2 Å². The lowest BCUT2D eigenvalue weighted by atomic mass is 10.1. The molecule has 2 heterocycles. The number of carbonyl (C=O) groups is 2. The highest BCUT2D eigenvalue weighted by Crippen LogP contribution is 2.31. The molecule has 1 fully saturated rings. The van der Waals surface area contributed by atoms with Crippen LogP contribution >= 0.6 is 0 Å². The quantitative estimate of drug-likeness (QED) is 0.902. The molecule has 7 nitrogen and oxygen atoms in total. The maximum atomic E-state index is 12.3. The number of ether oxygens (including phenoxy) is 1. The third-order valence-corrected chi connectivity index (χ3v) is 3.91. The van der Waals surface area contributed by atoms with E-state index in [-0.39, 0.29) is 18.4 Å². The number of nitrogens with zero attached hydrogens (tertiary/aromatic N) is 2. The lowest BCUT2D eigenvalue weighted by Crippen LogP contribution is -2.25. The molecule has 2 amide bonds. The minimum atomic E-state index is -0.251. The molecule has 1 aliphatic carbocycles. The lowest BCUT2D eigenvalue weighted by molar-refractivity contribution is -0.118. The first-order valence-electron chi connectivity index (χ1n) is 7.58. The predicted octanol–water partition coefficient (Wildman–Crippen LogP) is 1.88. The number of fused-ring (bicyclic) bond motifs is 1. The third-order valence-electron chi connectivity index (χ3n) is 3.91. The van der Waals surface area contributed by atoms with Gasteiger partial charge in [-0.3, -0.25) is 14.3 Å². The largest absolute Gasteiger partial charge is 0.482 e. The summed E-state index contributed by atoms with van der Waals surface area (Å²) in [6.07, 6.45) is 5.98. The van der Waals surface area contributed by atoms with Gasteiger partial charge in [-0.2, -0.15) is 5.10 Å². The van der Waals surface area contributed by atoms with Gasteiger partial charge in [-0.05, 0) is 37.0 Å². The second kappa shape index (κ2) is 5.42. The van der Waals surface area contributed by atoms with Crippen molar-refractivity contribution in [2.75, 3.05) is 17.2 Å². The van der Waals surface area contributed by atoms with Gasteiger partial charge in [-0.1, -0.05) is 0 Å². The number of nitrogens with one attached hydrogen (secondary N) is 2. The molecule has 1 aliphatic heterocycles. The van der Waals surface area contributed by atoms with E-state index in [1.54, 1.807) is 24.4 Å². The lowest BCUT2D eigenvalue weighted by Gasteiger charge is -2.18. The fourth-order valence-electron chi connectivity index (χ4n) is 2.52. The Morgan fingerprint density at radius 3 is 3.13 bits per heavy atom. The van der Waals surface area contributed by atoms with Crippen molar-refractivity contribution in [2.24, 2.45) is 5.92 Å². The molecule has 7 heteroatoms. The van der Waals surface area contributed by atoms with Crippen LogP contribution in [0.3, 0.4) is 0 Å². The van der Waals surface area contributed by atoms with Crippen LogP contribution in [0, 0.1) is 5.92 Å². The van der Waals surface area contributed by atoms with Gasteiger partial charge in [0.25, 0.3) is 11.8 Å². The predicted molar refractivity (Wildman–Crippen MR) is 83.5 cm³/mol. The second-order valence-corrected chi connectivity index (χ2v) is 5.90. The number of amides is 2. The normalized spacial score (nSPS) is 16.3. The standard InChI is InChI=1S/C16H16N4O3/c21-15-9-23-14-4-3-11(5-13(14)19-15)16(22)18-12-6-17-20(8-12)7-10-1-2-10/h3-6,8,10H,1-2,7,9H2,(H,18,22)(H,19,21). The van der Waals surface area contributed by atoms with Gasteiger partial charge in [0, 0.05) is 18.3 Å². The smallest absolute Gasteiger partial charge is 0.262 e. The molecule has 1 aromatic heterocycles. The van der Waals surface area contributed by atoms with Crippen molar-refractivity contribution in [2.45, 2.75) is 19.4 Å². The molecule has 0 spiro atoms. The van der Waals surface area contributed by atoms with Gasteiger partial charge in [-0.25, -0.2) is 0 Å². The number of anilines is 2. The summed E-state index contributed by atoms with van der Waals surface area (Å²) >= 11 is 0. The SMILES string of the molecule is O=C1COc2ccc(C(=O)Nc3cnn(CC4CC4)c3)cc2N1. The highest BCUT2D eigenvalue weighted by molar-refractivity contribution is 6.06. The molecule has 4 rings (SSSR count). The van der Waals surface area contributed by atoms with E-state index in [0.29, 0.717) is 22.7 Å². The number of hydrogen-bond acceptors (Lipinski definition) is 4. The molecular weight excluding hydrogens is 296 g/mol. The second-order valence-electron chi connectivity index (χ2n) is 5.90. The topological polar surface area (TPSA) is 85.2 Å². The van der Waals surface area contributed by atoms with Gasteiger partial charge < -0.3 is 15.4 Å². The van der Waals surface area contributed by atoms with Crippen molar-refractivity contribution in [1.82, 2.24) is 9.78 Å². The Labute approximate surface area is 132 Å². The molecule has 1 saturated carbocycles. The van der Waals surface area contributed by atoms with E-state index in [0.717, 1.165) is 12.5 Å². The third kappa shape index (κ3) is 3.03. The highest BCUT2D eigenvalue weighted by atomic mass is 16.5. The van der Waals surface area contributed by atoms with Crippen LogP contribution in [0.15, 0.2) is 30.6 Å². The Balaban J connectivity index is 1.47. The molecular formula is C16H16N4O3. The zero-order valence-corrected chi connectivity index (χ0v) is 12.4. The first kappa shape index (κ1) is 13.8. The minimum absolute atomic E-state index is 0.00127. The number of rotatable bonds is 4. The van der Waals surface area contributed by atoms with Crippen molar-refractivity contribution in [3.8, 4) is 5.75 Å². The van der Waals surface area contributed by atoms with E-state index in [1.807, 2.05) is 10.9 Å². The van der Waals surface area contributed by atoms with Crippen LogP contribution in [0.25, 0.3) is 0 Å². The molecule has 118 valence electrons. The van der Waals surface area contributed by atoms with Crippen LogP contribution in [0.4, 0.5) is 11.4 Å². The molecule has 0 unspecified atom stereocenters. The van der Waals surface area contributed by atoms with E-state index in [2.05, 4.69) is 15.7 Å². The fourth-order valence-corrected chi connectivity index (χ4v) is 2.52. The summed E-state index contributed by atoms with van der Waals surface area (Å²) in [5.74, 6) is 0.816. The van der Waals surface area contributed by atoms with E-state index in [1.165, 1.54) is 12.8 Å². The molecule has 1 aromatic carbocycles. The molecule has 0 atom stereocenters. The van der Waals surface area contributed by atoms with Crippen molar-refractivity contribution in [3.63, 3.8) is 0 Å². The van der Waals surface area contributed by atoms with Crippen LogP contribution in [-0.2, 0) is 11.3 Å². The number of carbonyl (C=O) groups excluding carboxylic acids is 2. The zero-order valence-electron chi connectivity index (χ0n) is 12.4. The fraction of sp³-hybridized carbons (Fsp3) is 0.312. The van der Waals surface area contributed by atoms with E-state index >= 15 is 0 Å². The molecule has 23 heavy (non-hydrogen) atoms. The molecule has 0 bridgehead atoms. The van der Waals surface area contributed by atoms with Crippen LogP contribution in [0.5, 0.6) is 5.75 Å². The Morgan fingerprint density at radius 1 is 1.43 bits per heavy atom. The summed E-state index contributed by atoms with van der Waals surface area (Å²) in [6, 6.07) is 4.96. The summed E-state index contributed by atoms with van der Waals surface area (Å²) in [7, 11) is 0. The van der Waals surface area contributed by atoms with Gasteiger partial charge in [-0.15, -0.1) is 0 Å².